The summed E-state index contributed by atoms with van der Waals surface area (Å²) < 4.78 is 9.36. The smallest absolute Gasteiger partial charge is 0.407 e. The fourth-order valence-corrected chi connectivity index (χ4v) is 1.13. The summed E-state index contributed by atoms with van der Waals surface area (Å²) in [5, 5.41) is 11.0. The number of carbonyl (C=O) groups is 3. The van der Waals surface area contributed by atoms with Crippen molar-refractivity contribution in [3.8, 4) is 0 Å². The molecule has 7 heteroatoms. The molecule has 1 amide bonds. The van der Waals surface area contributed by atoms with E-state index in [4.69, 9.17) is 9.84 Å². The van der Waals surface area contributed by atoms with E-state index in [-0.39, 0.29) is 26.1 Å². The Balaban J connectivity index is 4.11. The van der Waals surface area contributed by atoms with Crippen LogP contribution in [0.5, 0.6) is 0 Å². The molecule has 0 saturated carbocycles. The van der Waals surface area contributed by atoms with Crippen molar-refractivity contribution < 1.29 is 29.0 Å². The van der Waals surface area contributed by atoms with Crippen molar-refractivity contribution in [3.63, 3.8) is 0 Å². The first-order valence-corrected chi connectivity index (χ1v) is 5.82. The lowest BCUT2D eigenvalue weighted by atomic mass is 10.1. The maximum atomic E-state index is 11.2. The van der Waals surface area contributed by atoms with E-state index in [1.54, 1.807) is 6.92 Å². The Kier molecular flexibility index (Phi) is 8.34. The molecule has 0 heterocycles. The van der Waals surface area contributed by atoms with E-state index in [1.165, 1.54) is 0 Å². The van der Waals surface area contributed by atoms with E-state index in [1.807, 2.05) is 6.92 Å². The Morgan fingerprint density at radius 3 is 2.39 bits per heavy atom. The van der Waals surface area contributed by atoms with Gasteiger partial charge in [-0.25, -0.2) is 9.59 Å². The maximum absolute atomic E-state index is 11.2. The first-order valence-electron chi connectivity index (χ1n) is 5.82. The Morgan fingerprint density at radius 2 is 1.89 bits per heavy atom. The van der Waals surface area contributed by atoms with Gasteiger partial charge in [0, 0.05) is 6.42 Å². The van der Waals surface area contributed by atoms with E-state index in [0.29, 0.717) is 6.42 Å². The largest absolute Gasteiger partial charge is 0.480 e. The van der Waals surface area contributed by atoms with Gasteiger partial charge < -0.3 is 19.9 Å². The molecule has 0 aromatic heterocycles. The molecule has 0 aromatic rings. The Bertz CT molecular complexity index is 291. The summed E-state index contributed by atoms with van der Waals surface area (Å²) in [5.41, 5.74) is 0. The fourth-order valence-electron chi connectivity index (χ4n) is 1.13. The van der Waals surface area contributed by atoms with Crippen LogP contribution in [0.4, 0.5) is 4.79 Å². The Morgan fingerprint density at radius 1 is 1.22 bits per heavy atom. The number of carbonyl (C=O) groups excluding carboxylic acids is 2. The highest BCUT2D eigenvalue weighted by Crippen LogP contribution is 2.01. The topological polar surface area (TPSA) is 102 Å². The second kappa shape index (κ2) is 9.26. The van der Waals surface area contributed by atoms with Crippen LogP contribution in [0.25, 0.3) is 0 Å². The molecule has 2 N–H and O–H groups in total. The zero-order valence-corrected chi connectivity index (χ0v) is 10.6. The van der Waals surface area contributed by atoms with Gasteiger partial charge in [-0.05, 0) is 19.8 Å². The predicted molar refractivity (Wildman–Crippen MR) is 62.1 cm³/mol. The van der Waals surface area contributed by atoms with Gasteiger partial charge in [0.25, 0.3) is 0 Å². The van der Waals surface area contributed by atoms with E-state index in [2.05, 4.69) is 10.1 Å². The fraction of sp³-hybridized carbons (Fsp3) is 0.727. The van der Waals surface area contributed by atoms with Crippen molar-refractivity contribution in [3.05, 3.63) is 0 Å². The molecule has 0 radical (unpaired) electrons. The zero-order chi connectivity index (χ0) is 14.0. The second-order valence-electron chi connectivity index (χ2n) is 3.51. The molecule has 0 spiro atoms. The minimum Gasteiger partial charge on any atom is -0.480 e. The third kappa shape index (κ3) is 7.48. The van der Waals surface area contributed by atoms with Gasteiger partial charge in [-0.15, -0.1) is 0 Å². The minimum atomic E-state index is -1.22. The first-order chi connectivity index (χ1) is 8.51. The van der Waals surface area contributed by atoms with Crippen molar-refractivity contribution in [2.75, 3.05) is 13.2 Å². The lowest BCUT2D eigenvalue weighted by molar-refractivity contribution is -0.144. The number of carboxylic acids is 1. The molecule has 0 aliphatic heterocycles. The number of hydrogen-bond acceptors (Lipinski definition) is 5. The Hall–Kier alpha value is -1.79. The van der Waals surface area contributed by atoms with E-state index < -0.39 is 24.1 Å². The number of aliphatic carboxylic acids is 1. The van der Waals surface area contributed by atoms with Crippen LogP contribution in [-0.2, 0) is 19.1 Å². The average molecular weight is 261 g/mol. The first kappa shape index (κ1) is 16.2. The molecular formula is C11H19NO6. The van der Waals surface area contributed by atoms with Crippen molar-refractivity contribution in [2.45, 2.75) is 39.2 Å². The summed E-state index contributed by atoms with van der Waals surface area (Å²) >= 11 is 0. The third-order valence-electron chi connectivity index (χ3n) is 1.97. The van der Waals surface area contributed by atoms with Gasteiger partial charge in [0.05, 0.1) is 13.2 Å². The van der Waals surface area contributed by atoms with Crippen molar-refractivity contribution in [2.24, 2.45) is 0 Å². The van der Waals surface area contributed by atoms with Gasteiger partial charge in [0.1, 0.15) is 6.04 Å². The number of alkyl carbamates (subject to hydrolysis) is 1. The number of nitrogens with one attached hydrogen (secondary N) is 1. The van der Waals surface area contributed by atoms with Crippen LogP contribution in [0.3, 0.4) is 0 Å². The predicted octanol–water partition coefficient (Wildman–Crippen LogP) is 0.919. The van der Waals surface area contributed by atoms with Crippen LogP contribution in [0, 0.1) is 0 Å². The van der Waals surface area contributed by atoms with Crippen molar-refractivity contribution in [1.29, 1.82) is 0 Å². The average Bonchev–Trinajstić information content (AvgIpc) is 2.31. The molecule has 7 nitrogen and oxygen atoms in total. The van der Waals surface area contributed by atoms with Gasteiger partial charge >= 0.3 is 18.0 Å². The third-order valence-corrected chi connectivity index (χ3v) is 1.97. The molecule has 18 heavy (non-hydrogen) atoms. The SMILES string of the molecule is CCCOC(=O)N[C@@H](CCC(=O)OCC)C(=O)O. The second-order valence-corrected chi connectivity index (χ2v) is 3.51. The standard InChI is InChI=1S/C11H19NO6/c1-3-7-18-11(16)12-8(10(14)15)5-6-9(13)17-4-2/h8H,3-7H2,1-2H3,(H,12,16)(H,14,15)/t8-/m0/s1. The van der Waals surface area contributed by atoms with Crippen LogP contribution in [0.15, 0.2) is 0 Å². The van der Waals surface area contributed by atoms with Crippen molar-refractivity contribution in [1.82, 2.24) is 5.32 Å². The van der Waals surface area contributed by atoms with Crippen LogP contribution in [0.1, 0.15) is 33.1 Å². The summed E-state index contributed by atoms with van der Waals surface area (Å²) in [5.74, 6) is -1.71. The van der Waals surface area contributed by atoms with Gasteiger partial charge in [-0.2, -0.15) is 0 Å². The van der Waals surface area contributed by atoms with E-state index >= 15 is 0 Å². The molecule has 1 atom stereocenters. The molecule has 0 aliphatic rings. The summed E-state index contributed by atoms with van der Waals surface area (Å²) in [6.07, 6.45) is -0.254. The van der Waals surface area contributed by atoms with Crippen LogP contribution in [0.2, 0.25) is 0 Å². The number of ether oxygens (including phenoxy) is 2. The summed E-state index contributed by atoms with van der Waals surface area (Å²) in [6.45, 7) is 3.94. The highest BCUT2D eigenvalue weighted by molar-refractivity contribution is 5.80. The van der Waals surface area contributed by atoms with Crippen LogP contribution < -0.4 is 5.32 Å². The van der Waals surface area contributed by atoms with Crippen LogP contribution >= 0.6 is 0 Å². The zero-order valence-electron chi connectivity index (χ0n) is 10.6. The van der Waals surface area contributed by atoms with E-state index in [9.17, 15) is 14.4 Å². The molecule has 0 saturated heterocycles. The van der Waals surface area contributed by atoms with Gasteiger partial charge in [-0.1, -0.05) is 6.92 Å². The van der Waals surface area contributed by atoms with E-state index in [0.717, 1.165) is 0 Å². The minimum absolute atomic E-state index is 0.0323. The van der Waals surface area contributed by atoms with Gasteiger partial charge in [0.2, 0.25) is 0 Å². The normalized spacial score (nSPS) is 11.4. The molecule has 0 unspecified atom stereocenters. The van der Waals surface area contributed by atoms with Crippen LogP contribution in [-0.4, -0.2) is 42.4 Å². The number of rotatable bonds is 8. The lowest BCUT2D eigenvalue weighted by Gasteiger charge is -2.13. The quantitative estimate of drug-likeness (QED) is 0.630. The number of hydrogen-bond donors (Lipinski definition) is 2. The Labute approximate surface area is 105 Å². The molecule has 0 aliphatic carbocycles. The van der Waals surface area contributed by atoms with Gasteiger partial charge in [0.15, 0.2) is 0 Å². The highest BCUT2D eigenvalue weighted by atomic mass is 16.5. The monoisotopic (exact) mass is 261 g/mol. The summed E-state index contributed by atoms with van der Waals surface area (Å²) in [4.78, 5) is 33.1. The molecular weight excluding hydrogens is 242 g/mol. The maximum Gasteiger partial charge on any atom is 0.407 e. The summed E-state index contributed by atoms with van der Waals surface area (Å²) in [7, 11) is 0. The molecule has 0 bridgehead atoms. The molecule has 0 fully saturated rings. The number of carboxylic acid groups (broad SMARTS) is 1. The van der Waals surface area contributed by atoms with Gasteiger partial charge in [-0.3, -0.25) is 4.79 Å². The molecule has 0 aromatic carbocycles. The van der Waals surface area contributed by atoms with Crippen molar-refractivity contribution >= 4 is 18.0 Å². The highest BCUT2D eigenvalue weighted by Gasteiger charge is 2.21. The molecule has 0 rings (SSSR count). The lowest BCUT2D eigenvalue weighted by Crippen LogP contribution is -2.41. The number of amides is 1. The number of esters is 1. The summed E-state index contributed by atoms with van der Waals surface area (Å²) in [6, 6.07) is -1.15. The molecule has 104 valence electrons.